The monoisotopic (exact) mass is 393 g/mol. The van der Waals surface area contributed by atoms with E-state index in [9.17, 15) is 0 Å². The molecule has 8 heteroatoms. The van der Waals surface area contributed by atoms with Crippen molar-refractivity contribution in [1.29, 1.82) is 0 Å². The fourth-order valence-electron chi connectivity index (χ4n) is 1.70. The molecule has 2 aromatic rings. The van der Waals surface area contributed by atoms with Crippen LogP contribution in [0.1, 0.15) is 17.3 Å². The Morgan fingerprint density at radius 2 is 2.17 bits per heavy atom. The van der Waals surface area contributed by atoms with E-state index in [0.717, 1.165) is 15.7 Å². The van der Waals surface area contributed by atoms with Crippen molar-refractivity contribution in [2.75, 3.05) is 0 Å². The first kappa shape index (κ1) is 14.0. The van der Waals surface area contributed by atoms with Gasteiger partial charge in [-0.3, -0.25) is 5.84 Å². The quantitative estimate of drug-likeness (QED) is 0.619. The molecule has 0 radical (unpaired) electrons. The minimum absolute atomic E-state index is 0.292. The average Bonchev–Trinajstić information content (AvgIpc) is 2.64. The predicted octanol–water partition coefficient (Wildman–Crippen LogP) is 2.55. The Labute approximate surface area is 126 Å². The Hall–Kier alpha value is -0.470. The first-order valence-corrected chi connectivity index (χ1v) is 6.97. The van der Waals surface area contributed by atoms with Crippen LogP contribution in [0.15, 0.2) is 27.3 Å². The molecule has 1 atom stereocenters. The molecule has 0 aliphatic carbocycles. The van der Waals surface area contributed by atoms with Crippen LogP contribution in [0.3, 0.4) is 0 Å². The van der Waals surface area contributed by atoms with Gasteiger partial charge in [0.25, 0.3) is 0 Å². The van der Waals surface area contributed by atoms with Gasteiger partial charge in [-0.1, -0.05) is 38.8 Å². The molecule has 1 aromatic heterocycles. The standard InChI is InChI=1S/C10H10Br2ClN5/c1-18-9(10(12)16-17-18)8(15-14)6-3-2-5(11)4-7(6)13/h2-4,8,15H,14H2,1H3. The van der Waals surface area contributed by atoms with Crippen LogP contribution in [0.25, 0.3) is 0 Å². The lowest BCUT2D eigenvalue weighted by Gasteiger charge is -2.18. The van der Waals surface area contributed by atoms with Gasteiger partial charge in [-0.2, -0.15) is 0 Å². The number of hydrogen-bond acceptors (Lipinski definition) is 4. The fraction of sp³-hybridized carbons (Fsp3) is 0.200. The third-order valence-corrected chi connectivity index (χ3v) is 3.93. The third kappa shape index (κ3) is 2.60. The van der Waals surface area contributed by atoms with E-state index in [1.54, 1.807) is 11.7 Å². The fourth-order valence-corrected chi connectivity index (χ4v) is 3.04. The number of aryl methyl sites for hydroxylation is 1. The molecular formula is C10H10Br2ClN5. The molecule has 1 aromatic carbocycles. The molecule has 0 saturated heterocycles. The van der Waals surface area contributed by atoms with E-state index in [1.807, 2.05) is 18.2 Å². The third-order valence-electron chi connectivity index (χ3n) is 2.54. The molecule has 0 saturated carbocycles. The van der Waals surface area contributed by atoms with Crippen molar-refractivity contribution >= 4 is 43.5 Å². The van der Waals surface area contributed by atoms with Gasteiger partial charge in [-0.15, -0.1) is 5.10 Å². The van der Waals surface area contributed by atoms with E-state index in [2.05, 4.69) is 47.6 Å². The summed E-state index contributed by atoms with van der Waals surface area (Å²) in [7, 11) is 1.80. The topological polar surface area (TPSA) is 68.8 Å². The molecule has 2 rings (SSSR count). The molecule has 0 bridgehead atoms. The molecule has 0 aliphatic rings. The average molecular weight is 395 g/mol. The zero-order valence-corrected chi connectivity index (χ0v) is 13.3. The summed E-state index contributed by atoms with van der Waals surface area (Å²) in [6.45, 7) is 0. The summed E-state index contributed by atoms with van der Waals surface area (Å²) in [4.78, 5) is 0. The summed E-state index contributed by atoms with van der Waals surface area (Å²) in [5, 5.41) is 8.48. The van der Waals surface area contributed by atoms with Gasteiger partial charge in [0.05, 0.1) is 11.7 Å². The number of hydrazine groups is 1. The van der Waals surface area contributed by atoms with Gasteiger partial charge in [-0.25, -0.2) is 10.1 Å². The summed E-state index contributed by atoms with van der Waals surface area (Å²) < 4.78 is 3.19. The highest BCUT2D eigenvalue weighted by atomic mass is 79.9. The summed E-state index contributed by atoms with van der Waals surface area (Å²) in [5.41, 5.74) is 4.39. The Morgan fingerprint density at radius 3 is 2.67 bits per heavy atom. The van der Waals surface area contributed by atoms with Crippen LogP contribution in [0.4, 0.5) is 0 Å². The second kappa shape index (κ2) is 5.66. The van der Waals surface area contributed by atoms with Crippen molar-refractivity contribution in [3.05, 3.63) is 43.6 Å². The SMILES string of the molecule is Cn1nnc(Br)c1C(NN)c1ccc(Br)cc1Cl. The van der Waals surface area contributed by atoms with Crippen LogP contribution < -0.4 is 11.3 Å². The molecule has 0 fully saturated rings. The van der Waals surface area contributed by atoms with Crippen molar-refractivity contribution in [1.82, 2.24) is 20.4 Å². The van der Waals surface area contributed by atoms with Gasteiger partial charge in [0, 0.05) is 16.5 Å². The molecular weight excluding hydrogens is 385 g/mol. The number of nitrogens with one attached hydrogen (secondary N) is 1. The smallest absolute Gasteiger partial charge is 0.153 e. The molecule has 0 amide bonds. The van der Waals surface area contributed by atoms with Gasteiger partial charge < -0.3 is 0 Å². The second-order valence-corrected chi connectivity index (χ2v) is 5.73. The maximum atomic E-state index is 6.23. The molecule has 3 N–H and O–H groups in total. The van der Waals surface area contributed by atoms with Gasteiger partial charge in [0.15, 0.2) is 4.60 Å². The van der Waals surface area contributed by atoms with Crippen LogP contribution in [0.5, 0.6) is 0 Å². The molecule has 0 aliphatic heterocycles. The minimum Gasteiger partial charge on any atom is -0.271 e. The molecule has 1 heterocycles. The summed E-state index contributed by atoms with van der Waals surface area (Å²) in [5.74, 6) is 5.63. The highest BCUT2D eigenvalue weighted by molar-refractivity contribution is 9.10. The maximum Gasteiger partial charge on any atom is 0.153 e. The summed E-state index contributed by atoms with van der Waals surface area (Å²) >= 11 is 13.0. The van der Waals surface area contributed by atoms with Crippen LogP contribution in [0, 0.1) is 0 Å². The molecule has 18 heavy (non-hydrogen) atoms. The Balaban J connectivity index is 2.52. The first-order chi connectivity index (χ1) is 8.54. The normalized spacial score (nSPS) is 12.7. The molecule has 0 spiro atoms. The van der Waals surface area contributed by atoms with Crippen LogP contribution >= 0.6 is 43.5 Å². The summed E-state index contributed by atoms with van der Waals surface area (Å²) in [6.07, 6.45) is 0. The van der Waals surface area contributed by atoms with E-state index in [4.69, 9.17) is 17.4 Å². The Bertz CT molecular complexity index is 552. The number of aromatic nitrogens is 3. The van der Waals surface area contributed by atoms with Crippen LogP contribution in [0.2, 0.25) is 5.02 Å². The molecule has 1 unspecified atom stereocenters. The number of hydrogen-bond donors (Lipinski definition) is 2. The summed E-state index contributed by atoms with van der Waals surface area (Å²) in [6, 6.07) is 5.33. The van der Waals surface area contributed by atoms with E-state index in [1.165, 1.54) is 0 Å². The van der Waals surface area contributed by atoms with Gasteiger partial charge in [0.2, 0.25) is 0 Å². The van der Waals surface area contributed by atoms with Crippen molar-refractivity contribution in [2.45, 2.75) is 6.04 Å². The van der Waals surface area contributed by atoms with Gasteiger partial charge in [0.1, 0.15) is 0 Å². The Morgan fingerprint density at radius 1 is 1.44 bits per heavy atom. The van der Waals surface area contributed by atoms with Gasteiger partial charge >= 0.3 is 0 Å². The highest BCUT2D eigenvalue weighted by Crippen LogP contribution is 2.32. The number of nitrogens with two attached hydrogens (primary N) is 1. The van der Waals surface area contributed by atoms with Crippen molar-refractivity contribution in [3.8, 4) is 0 Å². The van der Waals surface area contributed by atoms with Crippen molar-refractivity contribution in [2.24, 2.45) is 12.9 Å². The number of rotatable bonds is 3. The lowest BCUT2D eigenvalue weighted by molar-refractivity contribution is 0.569. The predicted molar refractivity (Wildman–Crippen MR) is 77.0 cm³/mol. The Kier molecular flexibility index (Phi) is 4.39. The largest absolute Gasteiger partial charge is 0.271 e. The first-order valence-electron chi connectivity index (χ1n) is 5.00. The van der Waals surface area contributed by atoms with E-state index in [-0.39, 0.29) is 6.04 Å². The van der Waals surface area contributed by atoms with E-state index >= 15 is 0 Å². The second-order valence-electron chi connectivity index (χ2n) is 3.65. The lowest BCUT2D eigenvalue weighted by atomic mass is 10.0. The van der Waals surface area contributed by atoms with E-state index in [0.29, 0.717) is 9.63 Å². The zero-order chi connectivity index (χ0) is 13.3. The maximum absolute atomic E-state index is 6.23. The van der Waals surface area contributed by atoms with Crippen molar-refractivity contribution in [3.63, 3.8) is 0 Å². The van der Waals surface area contributed by atoms with E-state index < -0.39 is 0 Å². The number of benzene rings is 1. The molecule has 96 valence electrons. The van der Waals surface area contributed by atoms with Crippen LogP contribution in [-0.4, -0.2) is 15.0 Å². The van der Waals surface area contributed by atoms with Crippen molar-refractivity contribution < 1.29 is 0 Å². The zero-order valence-electron chi connectivity index (χ0n) is 9.36. The highest BCUT2D eigenvalue weighted by Gasteiger charge is 2.22. The number of halogens is 3. The minimum atomic E-state index is -0.292. The number of nitrogens with zero attached hydrogens (tertiary/aromatic N) is 3. The lowest BCUT2D eigenvalue weighted by Crippen LogP contribution is -2.30. The van der Waals surface area contributed by atoms with Crippen LogP contribution in [-0.2, 0) is 7.05 Å². The van der Waals surface area contributed by atoms with Gasteiger partial charge in [-0.05, 0) is 33.6 Å². The molecule has 5 nitrogen and oxygen atoms in total.